The van der Waals surface area contributed by atoms with Crippen LogP contribution in [-0.2, 0) is 9.59 Å². The third-order valence-corrected chi connectivity index (χ3v) is 8.92. The number of hydrogen-bond donors (Lipinski definition) is 2. The number of imidazole rings is 2. The molecule has 0 radical (unpaired) electrons. The maximum Gasteiger partial charge on any atom is 0.230 e. The van der Waals surface area contributed by atoms with Crippen molar-refractivity contribution in [3.63, 3.8) is 0 Å². The molecular formula is C29H42N12O2. The molecule has 4 atom stereocenters. The van der Waals surface area contributed by atoms with Gasteiger partial charge in [0.2, 0.25) is 11.8 Å². The highest BCUT2D eigenvalue weighted by Gasteiger charge is 2.30. The Labute approximate surface area is 252 Å². The number of carbonyl (C=O) groups is 2. The number of piperidine rings is 1. The second-order valence-electron chi connectivity index (χ2n) is 12.2. The molecule has 14 nitrogen and oxygen atoms in total. The molecule has 6 heterocycles. The maximum atomic E-state index is 12.2. The van der Waals surface area contributed by atoms with E-state index < -0.39 is 0 Å². The number of carbonyl (C=O) groups excluding carboxylic acids is 2. The second-order valence-corrected chi connectivity index (χ2v) is 12.2. The van der Waals surface area contributed by atoms with E-state index in [1.165, 1.54) is 6.42 Å². The summed E-state index contributed by atoms with van der Waals surface area (Å²) in [5.74, 6) is 0.891. The Morgan fingerprint density at radius 3 is 1.65 bits per heavy atom. The van der Waals surface area contributed by atoms with Crippen LogP contribution in [0.5, 0.6) is 0 Å². The summed E-state index contributed by atoms with van der Waals surface area (Å²) in [6.07, 6.45) is 16.5. The van der Waals surface area contributed by atoms with Crippen LogP contribution in [0.4, 0.5) is 11.6 Å². The van der Waals surface area contributed by atoms with Gasteiger partial charge in [-0.3, -0.25) is 9.59 Å². The van der Waals surface area contributed by atoms with Gasteiger partial charge in [-0.1, -0.05) is 0 Å². The molecule has 6 rings (SSSR count). The summed E-state index contributed by atoms with van der Waals surface area (Å²) in [6, 6.07) is 0.867. The van der Waals surface area contributed by atoms with Crippen LogP contribution >= 0.6 is 0 Å². The summed E-state index contributed by atoms with van der Waals surface area (Å²) < 4.78 is 4.18. The zero-order chi connectivity index (χ0) is 30.3. The van der Waals surface area contributed by atoms with Crippen LogP contribution in [0.1, 0.15) is 44.2 Å². The average Bonchev–Trinajstić information content (AvgIpc) is 3.83. The highest BCUT2D eigenvalue weighted by atomic mass is 16.2. The standard InChI is InChI=1S/C15H22N6O.C14H20N6O/c1-19-5-2-3-13(8-19)21-9-14(17-11-21)18-15(22)12-4-6-20(7-12)10-16;1-18-4-3-12(7-18)20-8-13(16-10-20)17-14(21)11-2-5-19(6-11)9-15/h9,11-13H,2-8H2,1H3,(H,18,22);8,10-12H,2-7H2,1H3,(H,17,21)/t12-,13?;11-,12?/m00/s1. The molecule has 14 heteroatoms. The molecule has 2 aromatic heterocycles. The van der Waals surface area contributed by atoms with E-state index in [1.54, 1.807) is 22.5 Å². The van der Waals surface area contributed by atoms with Gasteiger partial charge >= 0.3 is 0 Å². The molecule has 0 bridgehead atoms. The monoisotopic (exact) mass is 590 g/mol. The number of likely N-dealkylation sites (tertiary alicyclic amines) is 4. The number of anilines is 2. The Morgan fingerprint density at radius 2 is 1.21 bits per heavy atom. The first kappa shape index (κ1) is 30.3. The second kappa shape index (κ2) is 13.9. The molecule has 4 fully saturated rings. The lowest BCUT2D eigenvalue weighted by atomic mass is 10.1. The highest BCUT2D eigenvalue weighted by molar-refractivity contribution is 5.92. The lowest BCUT2D eigenvalue weighted by Gasteiger charge is -2.30. The summed E-state index contributed by atoms with van der Waals surface area (Å²) in [5.41, 5.74) is 0. The SMILES string of the molecule is CN1CCC(n2cnc(NC(=O)[C@H]3CCN(C#N)C3)c2)C1.CN1CCCC(n2cnc(NC(=O)[C@H]3CCN(C#N)C3)c2)C1. The lowest BCUT2D eigenvalue weighted by molar-refractivity contribution is -0.120. The van der Waals surface area contributed by atoms with Crippen LogP contribution < -0.4 is 10.6 Å². The van der Waals surface area contributed by atoms with E-state index in [9.17, 15) is 9.59 Å². The first-order valence-electron chi connectivity index (χ1n) is 15.2. The van der Waals surface area contributed by atoms with Gasteiger partial charge in [0, 0.05) is 63.7 Å². The van der Waals surface area contributed by atoms with Crippen molar-refractivity contribution >= 4 is 23.5 Å². The smallest absolute Gasteiger partial charge is 0.230 e. The molecule has 43 heavy (non-hydrogen) atoms. The van der Waals surface area contributed by atoms with Gasteiger partial charge in [-0.05, 0) is 59.3 Å². The summed E-state index contributed by atoms with van der Waals surface area (Å²) in [5, 5.41) is 23.4. The third kappa shape index (κ3) is 7.83. The van der Waals surface area contributed by atoms with Gasteiger partial charge in [0.05, 0.1) is 24.5 Å². The van der Waals surface area contributed by atoms with Crippen LogP contribution in [0.2, 0.25) is 0 Å². The first-order chi connectivity index (χ1) is 20.8. The molecule has 2 amide bonds. The topological polar surface area (TPSA) is 154 Å². The Hall–Kier alpha value is -4.14. The number of hydrogen-bond acceptors (Lipinski definition) is 10. The Balaban J connectivity index is 0.000000171. The number of likely N-dealkylation sites (N-methyl/N-ethyl adjacent to an activating group) is 2. The Bertz CT molecular complexity index is 1340. The van der Waals surface area contributed by atoms with Crippen molar-refractivity contribution in [1.29, 1.82) is 10.5 Å². The molecule has 0 aliphatic carbocycles. The van der Waals surface area contributed by atoms with Gasteiger partial charge in [-0.25, -0.2) is 9.97 Å². The van der Waals surface area contributed by atoms with Crippen molar-refractivity contribution in [3.05, 3.63) is 25.0 Å². The number of nitriles is 2. The van der Waals surface area contributed by atoms with E-state index in [1.807, 2.05) is 12.4 Å². The van der Waals surface area contributed by atoms with Crippen LogP contribution in [0.15, 0.2) is 25.0 Å². The molecule has 4 aliphatic heterocycles. The van der Waals surface area contributed by atoms with Crippen molar-refractivity contribution < 1.29 is 9.59 Å². The van der Waals surface area contributed by atoms with Crippen LogP contribution in [0, 0.1) is 34.7 Å². The van der Waals surface area contributed by atoms with E-state index >= 15 is 0 Å². The van der Waals surface area contributed by atoms with Crippen molar-refractivity contribution in [2.75, 3.05) is 77.1 Å². The van der Waals surface area contributed by atoms with Gasteiger partial charge in [0.15, 0.2) is 24.0 Å². The molecule has 2 N–H and O–H groups in total. The average molecular weight is 591 g/mol. The predicted molar refractivity (Wildman–Crippen MR) is 159 cm³/mol. The molecule has 230 valence electrons. The largest absolute Gasteiger partial charge is 0.331 e. The van der Waals surface area contributed by atoms with Crippen molar-refractivity contribution in [2.24, 2.45) is 11.8 Å². The minimum absolute atomic E-state index is 0.0382. The van der Waals surface area contributed by atoms with E-state index in [2.05, 4.69) is 66.0 Å². The lowest BCUT2D eigenvalue weighted by Crippen LogP contribution is -2.33. The zero-order valence-electron chi connectivity index (χ0n) is 25.1. The molecule has 0 spiro atoms. The molecule has 2 unspecified atom stereocenters. The van der Waals surface area contributed by atoms with Gasteiger partial charge < -0.3 is 39.4 Å². The Morgan fingerprint density at radius 1 is 0.721 bits per heavy atom. The fourth-order valence-electron chi connectivity index (χ4n) is 6.33. The highest BCUT2D eigenvalue weighted by Crippen LogP contribution is 2.24. The molecular weight excluding hydrogens is 548 g/mol. The first-order valence-corrected chi connectivity index (χ1v) is 15.2. The van der Waals surface area contributed by atoms with Crippen LogP contribution in [-0.4, -0.2) is 117 Å². The van der Waals surface area contributed by atoms with Gasteiger partial charge in [-0.15, -0.1) is 0 Å². The maximum absolute atomic E-state index is 12.2. The molecule has 2 aromatic rings. The summed E-state index contributed by atoms with van der Waals surface area (Å²) in [4.78, 5) is 40.8. The summed E-state index contributed by atoms with van der Waals surface area (Å²) in [6.45, 7) is 6.62. The van der Waals surface area contributed by atoms with E-state index in [-0.39, 0.29) is 23.7 Å². The summed E-state index contributed by atoms with van der Waals surface area (Å²) >= 11 is 0. The number of amides is 2. The molecule has 4 saturated heterocycles. The van der Waals surface area contributed by atoms with Gasteiger partial charge in [-0.2, -0.15) is 10.5 Å². The normalized spacial score (nSPS) is 26.0. The van der Waals surface area contributed by atoms with Gasteiger partial charge in [0.25, 0.3) is 0 Å². The van der Waals surface area contributed by atoms with Crippen LogP contribution in [0.25, 0.3) is 0 Å². The fraction of sp³-hybridized carbons (Fsp3) is 0.655. The number of nitrogens with zero attached hydrogens (tertiary/aromatic N) is 10. The van der Waals surface area contributed by atoms with Crippen molar-refractivity contribution in [3.8, 4) is 12.4 Å². The van der Waals surface area contributed by atoms with Crippen LogP contribution in [0.3, 0.4) is 0 Å². The van der Waals surface area contributed by atoms with Crippen molar-refractivity contribution in [2.45, 2.75) is 44.2 Å². The third-order valence-electron chi connectivity index (χ3n) is 8.92. The molecule has 0 aromatic carbocycles. The number of nitrogens with one attached hydrogen (secondary N) is 2. The van der Waals surface area contributed by atoms with Crippen molar-refractivity contribution in [1.82, 2.24) is 38.7 Å². The van der Waals surface area contributed by atoms with Gasteiger partial charge in [0.1, 0.15) is 0 Å². The number of aromatic nitrogens is 4. The predicted octanol–water partition coefficient (Wildman–Crippen LogP) is 1.39. The van der Waals surface area contributed by atoms with E-state index in [4.69, 9.17) is 10.5 Å². The minimum Gasteiger partial charge on any atom is -0.331 e. The van der Waals surface area contributed by atoms with E-state index in [0.717, 1.165) is 51.9 Å². The quantitative estimate of drug-likeness (QED) is 0.472. The van der Waals surface area contributed by atoms with E-state index in [0.29, 0.717) is 49.9 Å². The summed E-state index contributed by atoms with van der Waals surface area (Å²) in [7, 11) is 4.24. The molecule has 4 aliphatic rings. The number of rotatable bonds is 6. The molecule has 0 saturated carbocycles. The minimum atomic E-state index is -0.120. The zero-order valence-corrected chi connectivity index (χ0v) is 25.1. The fourth-order valence-corrected chi connectivity index (χ4v) is 6.33. The Kier molecular flexibility index (Phi) is 9.79.